The number of aromatic nitrogens is 2. The van der Waals surface area contributed by atoms with Crippen LogP contribution in [0.1, 0.15) is 36.0 Å². The van der Waals surface area contributed by atoms with Gasteiger partial charge in [-0.3, -0.25) is 9.48 Å². The summed E-state index contributed by atoms with van der Waals surface area (Å²) < 4.78 is 7.32. The first-order valence-electron chi connectivity index (χ1n) is 6.88. The Balaban J connectivity index is 1.84. The largest absolute Gasteiger partial charge is 0.383 e. The lowest BCUT2D eigenvalue weighted by Gasteiger charge is -2.43. The predicted molar refractivity (Wildman–Crippen MR) is 70.7 cm³/mol. The maximum absolute atomic E-state index is 12.6. The first-order chi connectivity index (χ1) is 9.18. The molecule has 0 bridgehead atoms. The van der Waals surface area contributed by atoms with Gasteiger partial charge in [0.2, 0.25) is 0 Å². The lowest BCUT2D eigenvalue weighted by Crippen LogP contribution is -2.54. The minimum atomic E-state index is -0.00852. The molecule has 1 saturated carbocycles. The SMILES string of the molecule is Cn1ncc(C(=O)N2CCOC3CCCCC32)c1N. The van der Waals surface area contributed by atoms with E-state index in [1.165, 1.54) is 11.1 Å². The van der Waals surface area contributed by atoms with Crippen LogP contribution in [0, 0.1) is 0 Å². The number of carbonyl (C=O) groups is 1. The molecular formula is C13H20N4O2. The number of nitrogen functional groups attached to an aromatic ring is 1. The molecule has 1 saturated heterocycles. The van der Waals surface area contributed by atoms with Crippen molar-refractivity contribution in [2.75, 3.05) is 18.9 Å². The number of aryl methyl sites for hydroxylation is 1. The summed E-state index contributed by atoms with van der Waals surface area (Å²) in [6.45, 7) is 1.27. The highest BCUT2D eigenvalue weighted by Gasteiger charge is 2.37. The zero-order chi connectivity index (χ0) is 13.4. The molecule has 2 N–H and O–H groups in total. The fourth-order valence-electron chi connectivity index (χ4n) is 3.12. The molecule has 0 radical (unpaired) electrons. The molecule has 19 heavy (non-hydrogen) atoms. The highest BCUT2D eigenvalue weighted by atomic mass is 16.5. The molecule has 0 aromatic carbocycles. The van der Waals surface area contributed by atoms with Crippen molar-refractivity contribution in [2.45, 2.75) is 37.8 Å². The fourth-order valence-corrected chi connectivity index (χ4v) is 3.12. The molecule has 2 fully saturated rings. The highest BCUT2D eigenvalue weighted by molar-refractivity contribution is 5.98. The Bertz CT molecular complexity index is 483. The van der Waals surface area contributed by atoms with Crippen molar-refractivity contribution >= 4 is 11.7 Å². The monoisotopic (exact) mass is 264 g/mol. The van der Waals surface area contributed by atoms with Gasteiger partial charge in [0.1, 0.15) is 11.4 Å². The topological polar surface area (TPSA) is 73.4 Å². The first-order valence-corrected chi connectivity index (χ1v) is 6.88. The Morgan fingerprint density at radius 3 is 3.00 bits per heavy atom. The summed E-state index contributed by atoms with van der Waals surface area (Å²) in [4.78, 5) is 14.6. The number of anilines is 1. The average molecular weight is 264 g/mol. The van der Waals surface area contributed by atoms with Crippen LogP contribution >= 0.6 is 0 Å². The van der Waals surface area contributed by atoms with E-state index < -0.39 is 0 Å². The van der Waals surface area contributed by atoms with Crippen molar-refractivity contribution in [3.05, 3.63) is 11.8 Å². The molecule has 6 heteroatoms. The first kappa shape index (κ1) is 12.5. The Morgan fingerprint density at radius 1 is 1.47 bits per heavy atom. The van der Waals surface area contributed by atoms with Gasteiger partial charge in [-0.05, 0) is 12.8 Å². The second-order valence-electron chi connectivity index (χ2n) is 5.33. The number of amides is 1. The van der Waals surface area contributed by atoms with Gasteiger partial charge in [-0.2, -0.15) is 5.10 Å². The second kappa shape index (κ2) is 4.85. The Labute approximate surface area is 112 Å². The molecule has 6 nitrogen and oxygen atoms in total. The third-order valence-electron chi connectivity index (χ3n) is 4.21. The van der Waals surface area contributed by atoms with Gasteiger partial charge in [0, 0.05) is 13.6 Å². The number of morpholine rings is 1. The van der Waals surface area contributed by atoms with E-state index >= 15 is 0 Å². The molecule has 1 amide bonds. The molecule has 3 rings (SSSR count). The summed E-state index contributed by atoms with van der Waals surface area (Å²) >= 11 is 0. The van der Waals surface area contributed by atoms with E-state index in [1.54, 1.807) is 13.2 Å². The summed E-state index contributed by atoms with van der Waals surface area (Å²) in [7, 11) is 1.74. The molecule has 1 aliphatic heterocycles. The lowest BCUT2D eigenvalue weighted by atomic mass is 9.90. The number of hydrogen-bond donors (Lipinski definition) is 1. The van der Waals surface area contributed by atoms with Crippen LogP contribution in [0.15, 0.2) is 6.20 Å². The van der Waals surface area contributed by atoms with Crippen LogP contribution in [0.5, 0.6) is 0 Å². The number of rotatable bonds is 1. The van der Waals surface area contributed by atoms with Gasteiger partial charge in [0.05, 0.1) is 24.9 Å². The van der Waals surface area contributed by atoms with Crippen LogP contribution in [-0.4, -0.2) is 45.9 Å². The number of ether oxygens (including phenoxy) is 1. The summed E-state index contributed by atoms with van der Waals surface area (Å²) in [5.74, 6) is 0.426. The molecule has 1 aromatic rings. The van der Waals surface area contributed by atoms with Crippen LogP contribution in [-0.2, 0) is 11.8 Å². The molecular weight excluding hydrogens is 244 g/mol. The van der Waals surface area contributed by atoms with E-state index in [-0.39, 0.29) is 18.1 Å². The molecule has 2 atom stereocenters. The zero-order valence-corrected chi connectivity index (χ0v) is 11.2. The van der Waals surface area contributed by atoms with Crippen molar-refractivity contribution in [3.8, 4) is 0 Å². The van der Waals surface area contributed by atoms with Gasteiger partial charge in [0.25, 0.3) is 5.91 Å². The van der Waals surface area contributed by atoms with Crippen LogP contribution in [0.3, 0.4) is 0 Å². The zero-order valence-electron chi connectivity index (χ0n) is 11.2. The molecule has 1 aromatic heterocycles. The minimum Gasteiger partial charge on any atom is -0.383 e. The molecule has 2 unspecified atom stereocenters. The standard InChI is InChI=1S/C13H20N4O2/c1-16-12(14)9(8-15-16)13(18)17-6-7-19-11-5-3-2-4-10(11)17/h8,10-11H,2-7,14H2,1H3. The molecule has 2 heterocycles. The van der Waals surface area contributed by atoms with Crippen molar-refractivity contribution < 1.29 is 9.53 Å². The van der Waals surface area contributed by atoms with Crippen LogP contribution in [0.2, 0.25) is 0 Å². The van der Waals surface area contributed by atoms with Gasteiger partial charge in [0.15, 0.2) is 0 Å². The van der Waals surface area contributed by atoms with Crippen molar-refractivity contribution in [1.29, 1.82) is 0 Å². The van der Waals surface area contributed by atoms with E-state index in [0.29, 0.717) is 24.5 Å². The number of carbonyl (C=O) groups excluding carboxylic acids is 1. The predicted octanol–water partition coefficient (Wildman–Crippen LogP) is 0.786. The maximum atomic E-state index is 12.6. The Kier molecular flexibility index (Phi) is 3.18. The van der Waals surface area contributed by atoms with E-state index in [4.69, 9.17) is 10.5 Å². The molecule has 0 spiro atoms. The van der Waals surface area contributed by atoms with Crippen molar-refractivity contribution in [2.24, 2.45) is 7.05 Å². The van der Waals surface area contributed by atoms with Gasteiger partial charge >= 0.3 is 0 Å². The third-order valence-corrected chi connectivity index (χ3v) is 4.21. The third kappa shape index (κ3) is 2.10. The van der Waals surface area contributed by atoms with Crippen molar-refractivity contribution in [3.63, 3.8) is 0 Å². The average Bonchev–Trinajstić information content (AvgIpc) is 2.78. The summed E-state index contributed by atoms with van der Waals surface area (Å²) in [5, 5.41) is 4.05. The number of hydrogen-bond acceptors (Lipinski definition) is 4. The minimum absolute atomic E-state index is 0.00852. The molecule has 1 aliphatic carbocycles. The molecule has 2 aliphatic rings. The van der Waals surface area contributed by atoms with E-state index in [2.05, 4.69) is 5.10 Å². The van der Waals surface area contributed by atoms with Crippen LogP contribution in [0.4, 0.5) is 5.82 Å². The van der Waals surface area contributed by atoms with Gasteiger partial charge in [-0.25, -0.2) is 0 Å². The quantitative estimate of drug-likeness (QED) is 0.813. The lowest BCUT2D eigenvalue weighted by molar-refractivity contribution is -0.0752. The Morgan fingerprint density at radius 2 is 2.26 bits per heavy atom. The fraction of sp³-hybridized carbons (Fsp3) is 0.692. The second-order valence-corrected chi connectivity index (χ2v) is 5.33. The van der Waals surface area contributed by atoms with Crippen LogP contribution in [0.25, 0.3) is 0 Å². The summed E-state index contributed by atoms with van der Waals surface area (Å²) in [6, 6.07) is 0.203. The normalized spacial score (nSPS) is 27.1. The van der Waals surface area contributed by atoms with E-state index in [9.17, 15) is 4.79 Å². The summed E-state index contributed by atoms with van der Waals surface area (Å²) in [6.07, 6.45) is 6.19. The van der Waals surface area contributed by atoms with Gasteiger partial charge in [-0.1, -0.05) is 12.8 Å². The number of nitrogens with zero attached hydrogens (tertiary/aromatic N) is 3. The highest BCUT2D eigenvalue weighted by Crippen LogP contribution is 2.30. The summed E-state index contributed by atoms with van der Waals surface area (Å²) in [5.41, 5.74) is 6.41. The van der Waals surface area contributed by atoms with Crippen molar-refractivity contribution in [1.82, 2.24) is 14.7 Å². The number of fused-ring (bicyclic) bond motifs is 1. The van der Waals surface area contributed by atoms with Crippen LogP contribution < -0.4 is 5.73 Å². The van der Waals surface area contributed by atoms with Gasteiger partial charge in [-0.15, -0.1) is 0 Å². The van der Waals surface area contributed by atoms with E-state index in [0.717, 1.165) is 19.3 Å². The smallest absolute Gasteiger partial charge is 0.259 e. The number of nitrogens with two attached hydrogens (primary N) is 1. The van der Waals surface area contributed by atoms with E-state index in [1.807, 2.05) is 4.90 Å². The van der Waals surface area contributed by atoms with Gasteiger partial charge < -0.3 is 15.4 Å². The maximum Gasteiger partial charge on any atom is 0.259 e. The Hall–Kier alpha value is -1.56. The molecule has 104 valence electrons.